The van der Waals surface area contributed by atoms with E-state index in [1.807, 2.05) is 0 Å². The fourth-order valence-corrected chi connectivity index (χ4v) is 3.60. The Morgan fingerprint density at radius 2 is 2.00 bits per heavy atom. The number of halogens is 1. The lowest BCUT2D eigenvalue weighted by Crippen LogP contribution is -2.40. The van der Waals surface area contributed by atoms with Crippen LogP contribution in [0.2, 0.25) is 0 Å². The van der Waals surface area contributed by atoms with Gasteiger partial charge in [0.05, 0.1) is 11.9 Å². The highest BCUT2D eigenvalue weighted by Crippen LogP contribution is 2.17. The number of sulfonamides is 1. The molecule has 0 aliphatic carbocycles. The third-order valence-electron chi connectivity index (χ3n) is 3.05. The molecule has 0 saturated carbocycles. The van der Waals surface area contributed by atoms with E-state index in [-0.39, 0.29) is 5.75 Å². The molecule has 1 aliphatic heterocycles. The van der Waals surface area contributed by atoms with Gasteiger partial charge in [0.15, 0.2) is 0 Å². The maximum atomic E-state index is 13.0. The molecule has 1 saturated heterocycles. The highest BCUT2D eigenvalue weighted by molar-refractivity contribution is 7.88. The molecule has 6 heteroatoms. The maximum Gasteiger partial charge on any atom is 0.218 e. The average molecular weight is 273 g/mol. The first-order valence-electron chi connectivity index (χ1n) is 5.88. The average Bonchev–Trinajstić information content (AvgIpc) is 2.29. The molecule has 100 valence electrons. The number of piperidine rings is 1. The number of hydrogen-bond donors (Lipinski definition) is 1. The van der Waals surface area contributed by atoms with Crippen LogP contribution < -0.4 is 0 Å². The van der Waals surface area contributed by atoms with Gasteiger partial charge < -0.3 is 5.11 Å². The van der Waals surface area contributed by atoms with Gasteiger partial charge in [0.25, 0.3) is 0 Å². The number of rotatable bonds is 3. The molecule has 18 heavy (non-hydrogen) atoms. The number of aliphatic hydroxyl groups is 1. The van der Waals surface area contributed by atoms with E-state index in [2.05, 4.69) is 0 Å². The Morgan fingerprint density at radius 3 is 2.61 bits per heavy atom. The summed E-state index contributed by atoms with van der Waals surface area (Å²) < 4.78 is 38.5. The van der Waals surface area contributed by atoms with Crippen molar-refractivity contribution in [1.82, 2.24) is 4.31 Å². The molecule has 0 radical (unpaired) electrons. The maximum absolute atomic E-state index is 13.0. The van der Waals surface area contributed by atoms with Gasteiger partial charge in [-0.15, -0.1) is 0 Å². The van der Waals surface area contributed by atoms with Crippen molar-refractivity contribution in [3.8, 4) is 0 Å². The molecule has 1 heterocycles. The summed E-state index contributed by atoms with van der Waals surface area (Å²) in [4.78, 5) is 0. The summed E-state index contributed by atoms with van der Waals surface area (Å²) in [6.45, 7) is 0.664. The molecular formula is C12H16FNO3S. The van der Waals surface area contributed by atoms with Crippen LogP contribution in [-0.2, 0) is 15.8 Å². The van der Waals surface area contributed by atoms with Gasteiger partial charge in [0.1, 0.15) is 5.82 Å². The van der Waals surface area contributed by atoms with Crippen molar-refractivity contribution < 1.29 is 17.9 Å². The Balaban J connectivity index is 2.08. The van der Waals surface area contributed by atoms with Crippen LogP contribution in [0.5, 0.6) is 0 Å². The smallest absolute Gasteiger partial charge is 0.218 e. The zero-order valence-electron chi connectivity index (χ0n) is 9.92. The largest absolute Gasteiger partial charge is 0.393 e. The minimum atomic E-state index is -3.42. The van der Waals surface area contributed by atoms with Crippen molar-refractivity contribution in [3.63, 3.8) is 0 Å². The first-order chi connectivity index (χ1) is 8.47. The van der Waals surface area contributed by atoms with Crippen LogP contribution >= 0.6 is 0 Å². The molecule has 2 rings (SSSR count). The Hall–Kier alpha value is -0.980. The van der Waals surface area contributed by atoms with Crippen molar-refractivity contribution in [3.05, 3.63) is 35.6 Å². The number of hydrogen-bond acceptors (Lipinski definition) is 3. The molecule has 1 aromatic carbocycles. The molecular weight excluding hydrogens is 257 g/mol. The normalized spacial score (nSPS) is 19.0. The quantitative estimate of drug-likeness (QED) is 0.897. The molecule has 0 amide bonds. The second-order valence-electron chi connectivity index (χ2n) is 4.52. The van der Waals surface area contributed by atoms with Gasteiger partial charge in [-0.1, -0.05) is 12.1 Å². The molecule has 0 aromatic heterocycles. The van der Waals surface area contributed by atoms with E-state index in [0.717, 1.165) is 0 Å². The van der Waals surface area contributed by atoms with Crippen molar-refractivity contribution in [1.29, 1.82) is 0 Å². The fraction of sp³-hybridized carbons (Fsp3) is 0.500. The summed E-state index contributed by atoms with van der Waals surface area (Å²) in [7, 11) is -3.42. The van der Waals surface area contributed by atoms with E-state index in [4.69, 9.17) is 0 Å². The van der Waals surface area contributed by atoms with E-state index in [1.165, 1.54) is 22.5 Å². The fourth-order valence-electron chi connectivity index (χ4n) is 2.05. The summed E-state index contributed by atoms with van der Waals surface area (Å²) in [6.07, 6.45) is 0.510. The van der Waals surface area contributed by atoms with E-state index in [9.17, 15) is 17.9 Å². The molecule has 4 nitrogen and oxygen atoms in total. The van der Waals surface area contributed by atoms with Gasteiger partial charge in [-0.05, 0) is 30.5 Å². The van der Waals surface area contributed by atoms with E-state index in [1.54, 1.807) is 6.07 Å². The first kappa shape index (κ1) is 13.5. The third kappa shape index (κ3) is 3.28. The van der Waals surface area contributed by atoms with Crippen molar-refractivity contribution in [2.24, 2.45) is 0 Å². The molecule has 1 N–H and O–H groups in total. The summed E-state index contributed by atoms with van der Waals surface area (Å²) in [6, 6.07) is 5.61. The van der Waals surface area contributed by atoms with Crippen LogP contribution in [0.15, 0.2) is 24.3 Å². The Kier molecular flexibility index (Phi) is 3.99. The van der Waals surface area contributed by atoms with Crippen LogP contribution in [0.25, 0.3) is 0 Å². The van der Waals surface area contributed by atoms with Crippen LogP contribution in [0.4, 0.5) is 4.39 Å². The third-order valence-corrected chi connectivity index (χ3v) is 4.91. The predicted molar refractivity (Wildman–Crippen MR) is 65.8 cm³/mol. The van der Waals surface area contributed by atoms with Gasteiger partial charge in [-0.25, -0.2) is 17.1 Å². The lowest BCUT2D eigenvalue weighted by molar-refractivity contribution is 0.113. The predicted octanol–water partition coefficient (Wildman–Crippen LogP) is 1.11. The standard InChI is InChI=1S/C12H16FNO3S/c13-11-3-1-2-10(8-11)9-18(16,17)14-6-4-12(15)5-7-14/h1-3,8,12,15H,4-7,9H2. The lowest BCUT2D eigenvalue weighted by atomic mass is 10.1. The van der Waals surface area contributed by atoms with Gasteiger partial charge >= 0.3 is 0 Å². The summed E-state index contributed by atoms with van der Waals surface area (Å²) in [5.41, 5.74) is 0.445. The number of aliphatic hydroxyl groups excluding tert-OH is 1. The summed E-state index contributed by atoms with van der Waals surface area (Å²) in [5.74, 6) is -0.627. The minimum absolute atomic E-state index is 0.194. The highest BCUT2D eigenvalue weighted by Gasteiger charge is 2.27. The van der Waals surface area contributed by atoms with E-state index < -0.39 is 21.9 Å². The van der Waals surface area contributed by atoms with Crippen molar-refractivity contribution in [2.45, 2.75) is 24.7 Å². The van der Waals surface area contributed by atoms with E-state index in [0.29, 0.717) is 31.5 Å². The highest BCUT2D eigenvalue weighted by atomic mass is 32.2. The Bertz CT molecular complexity index is 510. The molecule has 0 atom stereocenters. The number of benzene rings is 1. The Morgan fingerprint density at radius 1 is 1.33 bits per heavy atom. The molecule has 0 unspecified atom stereocenters. The van der Waals surface area contributed by atoms with Gasteiger partial charge in [-0.3, -0.25) is 0 Å². The summed E-state index contributed by atoms with van der Waals surface area (Å²) in [5, 5.41) is 9.35. The van der Waals surface area contributed by atoms with Crippen LogP contribution in [0, 0.1) is 5.82 Å². The first-order valence-corrected chi connectivity index (χ1v) is 7.48. The zero-order chi connectivity index (χ0) is 13.2. The van der Waals surface area contributed by atoms with Crippen molar-refractivity contribution >= 4 is 10.0 Å². The minimum Gasteiger partial charge on any atom is -0.393 e. The van der Waals surface area contributed by atoms with Crippen molar-refractivity contribution in [2.75, 3.05) is 13.1 Å². The molecule has 1 aliphatic rings. The monoisotopic (exact) mass is 273 g/mol. The van der Waals surface area contributed by atoms with Crippen LogP contribution in [0.1, 0.15) is 18.4 Å². The van der Waals surface area contributed by atoms with Crippen LogP contribution in [-0.4, -0.2) is 37.0 Å². The van der Waals surface area contributed by atoms with Crippen LogP contribution in [0.3, 0.4) is 0 Å². The Labute approximate surface area is 106 Å². The van der Waals surface area contributed by atoms with Gasteiger partial charge in [0, 0.05) is 13.1 Å². The zero-order valence-corrected chi connectivity index (χ0v) is 10.7. The topological polar surface area (TPSA) is 57.6 Å². The summed E-state index contributed by atoms with van der Waals surface area (Å²) >= 11 is 0. The lowest BCUT2D eigenvalue weighted by Gasteiger charge is -2.28. The van der Waals surface area contributed by atoms with Gasteiger partial charge in [-0.2, -0.15) is 0 Å². The number of nitrogens with zero attached hydrogens (tertiary/aromatic N) is 1. The molecule has 0 bridgehead atoms. The molecule has 0 spiro atoms. The second-order valence-corrected chi connectivity index (χ2v) is 6.49. The second kappa shape index (κ2) is 5.34. The van der Waals surface area contributed by atoms with E-state index >= 15 is 0 Å². The van der Waals surface area contributed by atoms with Gasteiger partial charge in [0.2, 0.25) is 10.0 Å². The molecule has 1 aromatic rings. The SMILES string of the molecule is O=S(=O)(Cc1cccc(F)c1)N1CCC(O)CC1. The molecule has 1 fully saturated rings.